The SMILES string of the molecule is O=[N+]([O-])c1ccc(Nc2ccc(F)c(Br)c2)cc1I. The summed E-state index contributed by atoms with van der Waals surface area (Å²) < 4.78 is 14.0. The highest BCUT2D eigenvalue weighted by Crippen LogP contribution is 2.27. The lowest BCUT2D eigenvalue weighted by atomic mass is 10.2. The first-order valence-electron chi connectivity index (χ1n) is 5.13. The smallest absolute Gasteiger partial charge is 0.282 e. The first kappa shape index (κ1) is 14.2. The summed E-state index contributed by atoms with van der Waals surface area (Å²) in [6, 6.07) is 9.23. The van der Waals surface area contributed by atoms with Crippen LogP contribution in [0.1, 0.15) is 0 Å². The molecule has 2 aromatic rings. The summed E-state index contributed by atoms with van der Waals surface area (Å²) >= 11 is 5.00. The number of halogens is 3. The van der Waals surface area contributed by atoms with Crippen LogP contribution in [0.4, 0.5) is 21.5 Å². The van der Waals surface area contributed by atoms with Crippen molar-refractivity contribution in [3.05, 3.63) is 60.4 Å². The Morgan fingerprint density at radius 3 is 2.42 bits per heavy atom. The van der Waals surface area contributed by atoms with E-state index in [4.69, 9.17) is 0 Å². The first-order chi connectivity index (χ1) is 8.97. The molecular weight excluding hydrogens is 430 g/mol. The Bertz CT molecular complexity index is 652. The summed E-state index contributed by atoms with van der Waals surface area (Å²) in [5.74, 6) is -0.344. The zero-order valence-corrected chi connectivity index (χ0v) is 13.1. The van der Waals surface area contributed by atoms with Crippen molar-refractivity contribution in [2.45, 2.75) is 0 Å². The molecule has 2 rings (SSSR count). The fraction of sp³-hybridized carbons (Fsp3) is 0. The third-order valence-corrected chi connectivity index (χ3v) is 3.82. The molecule has 0 aromatic heterocycles. The fourth-order valence-corrected chi connectivity index (χ4v) is 2.56. The van der Waals surface area contributed by atoms with Gasteiger partial charge in [-0.05, 0) is 68.9 Å². The maximum absolute atomic E-state index is 13.1. The highest BCUT2D eigenvalue weighted by molar-refractivity contribution is 14.1. The van der Waals surface area contributed by atoms with Crippen LogP contribution in [0.15, 0.2) is 40.9 Å². The normalized spacial score (nSPS) is 10.3. The fourth-order valence-electron chi connectivity index (χ4n) is 1.47. The minimum Gasteiger partial charge on any atom is -0.355 e. The van der Waals surface area contributed by atoms with E-state index >= 15 is 0 Å². The van der Waals surface area contributed by atoms with Gasteiger partial charge in [0.2, 0.25) is 0 Å². The van der Waals surface area contributed by atoms with Crippen LogP contribution in [-0.2, 0) is 0 Å². The lowest BCUT2D eigenvalue weighted by molar-refractivity contribution is -0.385. The third-order valence-electron chi connectivity index (χ3n) is 2.35. The summed E-state index contributed by atoms with van der Waals surface area (Å²) in [6.07, 6.45) is 0. The molecule has 0 heterocycles. The number of nitro groups is 1. The molecule has 0 aliphatic carbocycles. The molecule has 0 bridgehead atoms. The second-order valence-electron chi connectivity index (χ2n) is 3.68. The average Bonchev–Trinajstić information content (AvgIpc) is 2.33. The molecule has 0 aliphatic rings. The lowest BCUT2D eigenvalue weighted by Gasteiger charge is -2.07. The highest BCUT2D eigenvalue weighted by atomic mass is 127. The average molecular weight is 437 g/mol. The second kappa shape index (κ2) is 5.83. The number of rotatable bonds is 3. The largest absolute Gasteiger partial charge is 0.355 e. The van der Waals surface area contributed by atoms with Gasteiger partial charge in [0, 0.05) is 17.4 Å². The van der Waals surface area contributed by atoms with Crippen molar-refractivity contribution in [3.63, 3.8) is 0 Å². The highest BCUT2D eigenvalue weighted by Gasteiger charge is 2.11. The van der Waals surface area contributed by atoms with Crippen LogP contribution < -0.4 is 5.32 Å². The summed E-state index contributed by atoms with van der Waals surface area (Å²) in [5, 5.41) is 13.8. The number of benzene rings is 2. The van der Waals surface area contributed by atoms with E-state index in [-0.39, 0.29) is 11.5 Å². The number of hydrogen-bond donors (Lipinski definition) is 1. The van der Waals surface area contributed by atoms with Crippen molar-refractivity contribution < 1.29 is 9.31 Å². The van der Waals surface area contributed by atoms with Crippen molar-refractivity contribution >= 4 is 55.6 Å². The molecule has 0 saturated heterocycles. The zero-order valence-electron chi connectivity index (χ0n) is 9.36. The van der Waals surface area contributed by atoms with Gasteiger partial charge in [-0.15, -0.1) is 0 Å². The molecule has 4 nitrogen and oxygen atoms in total. The molecule has 2 aromatic carbocycles. The summed E-state index contributed by atoms with van der Waals surface area (Å²) in [7, 11) is 0. The quantitative estimate of drug-likeness (QED) is 0.425. The van der Waals surface area contributed by atoms with Gasteiger partial charge in [0.05, 0.1) is 13.0 Å². The number of nitrogens with one attached hydrogen (secondary N) is 1. The summed E-state index contributed by atoms with van der Waals surface area (Å²) in [6.45, 7) is 0. The van der Waals surface area contributed by atoms with Crippen LogP contribution in [0.25, 0.3) is 0 Å². The van der Waals surface area contributed by atoms with Crippen molar-refractivity contribution in [3.8, 4) is 0 Å². The third kappa shape index (κ3) is 3.41. The Labute approximate surface area is 130 Å². The maximum atomic E-state index is 13.1. The van der Waals surface area contributed by atoms with Gasteiger partial charge >= 0.3 is 0 Å². The number of nitro benzene ring substituents is 1. The van der Waals surface area contributed by atoms with Crippen LogP contribution >= 0.6 is 38.5 Å². The van der Waals surface area contributed by atoms with Crippen LogP contribution in [0, 0.1) is 19.5 Å². The zero-order chi connectivity index (χ0) is 14.0. The number of hydrogen-bond acceptors (Lipinski definition) is 3. The van der Waals surface area contributed by atoms with E-state index in [1.807, 2.05) is 22.6 Å². The molecule has 0 unspecified atom stereocenters. The van der Waals surface area contributed by atoms with Crippen molar-refractivity contribution in [1.82, 2.24) is 0 Å². The van der Waals surface area contributed by atoms with Gasteiger partial charge in [0.25, 0.3) is 5.69 Å². The topological polar surface area (TPSA) is 55.2 Å². The van der Waals surface area contributed by atoms with Crippen molar-refractivity contribution in [2.75, 3.05) is 5.32 Å². The van der Waals surface area contributed by atoms with Gasteiger partial charge in [0.15, 0.2) is 0 Å². The van der Waals surface area contributed by atoms with Gasteiger partial charge in [0.1, 0.15) is 5.82 Å². The molecular formula is C12H7BrFIN2O2. The molecule has 7 heteroatoms. The van der Waals surface area contributed by atoms with E-state index in [0.29, 0.717) is 19.4 Å². The van der Waals surface area contributed by atoms with Crippen molar-refractivity contribution in [1.29, 1.82) is 0 Å². The molecule has 0 atom stereocenters. The van der Waals surface area contributed by atoms with E-state index in [2.05, 4.69) is 21.2 Å². The first-order valence-corrected chi connectivity index (χ1v) is 7.00. The standard InChI is InChI=1S/C12H7BrFIN2O2/c13-9-5-7(1-3-10(9)14)16-8-2-4-12(17(18)19)11(15)6-8/h1-6,16H. The Hall–Kier alpha value is -1.22. The molecule has 19 heavy (non-hydrogen) atoms. The monoisotopic (exact) mass is 436 g/mol. The lowest BCUT2D eigenvalue weighted by Crippen LogP contribution is -1.95. The molecule has 0 radical (unpaired) electrons. The molecule has 0 aliphatic heterocycles. The van der Waals surface area contributed by atoms with Crippen LogP contribution in [0.2, 0.25) is 0 Å². The molecule has 0 spiro atoms. The second-order valence-corrected chi connectivity index (χ2v) is 5.69. The molecule has 1 N–H and O–H groups in total. The van der Waals surface area contributed by atoms with Gasteiger partial charge < -0.3 is 5.32 Å². The molecule has 0 amide bonds. The van der Waals surface area contributed by atoms with Crippen LogP contribution in [-0.4, -0.2) is 4.92 Å². The van der Waals surface area contributed by atoms with Gasteiger partial charge in [-0.3, -0.25) is 10.1 Å². The maximum Gasteiger partial charge on any atom is 0.282 e. The molecule has 0 fully saturated rings. The summed E-state index contributed by atoms with van der Waals surface area (Å²) in [5.41, 5.74) is 1.46. The van der Waals surface area contributed by atoms with E-state index in [0.717, 1.165) is 0 Å². The van der Waals surface area contributed by atoms with Gasteiger partial charge in [-0.1, -0.05) is 0 Å². The Morgan fingerprint density at radius 2 is 1.84 bits per heavy atom. The predicted octanol–water partition coefficient (Wildman–Crippen LogP) is 4.84. The Morgan fingerprint density at radius 1 is 1.21 bits per heavy atom. The Kier molecular flexibility index (Phi) is 4.35. The number of nitrogens with zero attached hydrogens (tertiary/aromatic N) is 1. The van der Waals surface area contributed by atoms with E-state index in [1.54, 1.807) is 24.3 Å². The minimum atomic E-state index is -0.431. The van der Waals surface area contributed by atoms with Crippen molar-refractivity contribution in [2.24, 2.45) is 0 Å². The van der Waals surface area contributed by atoms with E-state index in [9.17, 15) is 14.5 Å². The molecule has 98 valence electrons. The van der Waals surface area contributed by atoms with E-state index in [1.165, 1.54) is 12.1 Å². The van der Waals surface area contributed by atoms with Crippen LogP contribution in [0.3, 0.4) is 0 Å². The Balaban J connectivity index is 2.26. The van der Waals surface area contributed by atoms with Gasteiger partial charge in [-0.25, -0.2) is 4.39 Å². The number of anilines is 2. The van der Waals surface area contributed by atoms with Gasteiger partial charge in [-0.2, -0.15) is 0 Å². The predicted molar refractivity (Wildman–Crippen MR) is 83.2 cm³/mol. The minimum absolute atomic E-state index is 0.0615. The summed E-state index contributed by atoms with van der Waals surface area (Å²) in [4.78, 5) is 10.3. The van der Waals surface area contributed by atoms with Crippen LogP contribution in [0.5, 0.6) is 0 Å². The molecule has 0 saturated carbocycles. The van der Waals surface area contributed by atoms with E-state index < -0.39 is 4.92 Å².